The average Bonchev–Trinajstić information content (AvgIpc) is 3.29. The number of fused-ring (bicyclic) bond motifs is 1. The molecule has 1 atom stereocenters. The fourth-order valence-electron chi connectivity index (χ4n) is 3.52. The van der Waals surface area contributed by atoms with Gasteiger partial charge in [0, 0.05) is 44.1 Å². The molecule has 3 heterocycles. The van der Waals surface area contributed by atoms with Crippen molar-refractivity contribution in [3.05, 3.63) is 35.3 Å². The van der Waals surface area contributed by atoms with E-state index in [4.69, 9.17) is 4.74 Å². The van der Waals surface area contributed by atoms with Crippen LogP contribution in [0.15, 0.2) is 18.5 Å². The fraction of sp³-hybridized carbons (Fsp3) is 0.500. The van der Waals surface area contributed by atoms with E-state index in [-0.39, 0.29) is 18.3 Å². The maximum absolute atomic E-state index is 12.3. The summed E-state index contributed by atoms with van der Waals surface area (Å²) in [6, 6.07) is 1.91. The number of rotatable bonds is 7. The van der Waals surface area contributed by atoms with E-state index in [9.17, 15) is 4.79 Å². The first kappa shape index (κ1) is 17.7. The summed E-state index contributed by atoms with van der Waals surface area (Å²) in [7, 11) is 3.78. The van der Waals surface area contributed by atoms with Crippen LogP contribution >= 0.6 is 0 Å². The number of ketones is 1. The Bertz CT molecular complexity index is 999. The average molecular weight is 367 g/mol. The van der Waals surface area contributed by atoms with Crippen LogP contribution in [0, 0.1) is 6.92 Å². The SMILES string of the molecule is Cc1cc(OCC(=O)CC(C)c2cnn(C)c2)nc2c1c(C1CC1)nn2C. The molecule has 0 N–H and O–H groups in total. The fourth-order valence-corrected chi connectivity index (χ4v) is 3.52. The van der Waals surface area contributed by atoms with Gasteiger partial charge in [0.15, 0.2) is 11.4 Å². The minimum absolute atomic E-state index is 0.0237. The van der Waals surface area contributed by atoms with E-state index in [1.165, 1.54) is 12.8 Å². The van der Waals surface area contributed by atoms with Gasteiger partial charge in [-0.2, -0.15) is 15.2 Å². The summed E-state index contributed by atoms with van der Waals surface area (Å²) in [5, 5.41) is 9.94. The van der Waals surface area contributed by atoms with Crippen molar-refractivity contribution in [2.24, 2.45) is 14.1 Å². The Balaban J connectivity index is 1.44. The second kappa shape index (κ2) is 6.79. The predicted molar refractivity (Wildman–Crippen MR) is 102 cm³/mol. The Morgan fingerprint density at radius 1 is 1.37 bits per heavy atom. The lowest BCUT2D eigenvalue weighted by Gasteiger charge is -2.10. The molecule has 7 heteroatoms. The summed E-state index contributed by atoms with van der Waals surface area (Å²) in [6.45, 7) is 4.10. The Morgan fingerprint density at radius 3 is 2.81 bits per heavy atom. The van der Waals surface area contributed by atoms with Crippen LogP contribution in [0.2, 0.25) is 0 Å². The Kier molecular flexibility index (Phi) is 4.45. The molecule has 3 aromatic rings. The summed E-state index contributed by atoms with van der Waals surface area (Å²) in [5.41, 5.74) is 4.12. The van der Waals surface area contributed by atoms with Gasteiger partial charge in [-0.1, -0.05) is 6.92 Å². The number of nitrogens with zero attached hydrogens (tertiary/aromatic N) is 5. The summed E-state index contributed by atoms with van der Waals surface area (Å²) in [6.07, 6.45) is 6.57. The minimum atomic E-state index is 0.0237. The van der Waals surface area contributed by atoms with Crippen molar-refractivity contribution in [1.82, 2.24) is 24.5 Å². The van der Waals surface area contributed by atoms with Gasteiger partial charge in [0.25, 0.3) is 0 Å². The molecule has 0 radical (unpaired) electrons. The number of carbonyl (C=O) groups excluding carboxylic acids is 1. The van der Waals surface area contributed by atoms with E-state index in [0.29, 0.717) is 18.2 Å². The lowest BCUT2D eigenvalue weighted by atomic mass is 9.99. The maximum atomic E-state index is 12.3. The minimum Gasteiger partial charge on any atom is -0.470 e. The van der Waals surface area contributed by atoms with Gasteiger partial charge >= 0.3 is 0 Å². The van der Waals surface area contributed by atoms with Crippen LogP contribution in [0.4, 0.5) is 0 Å². The van der Waals surface area contributed by atoms with Gasteiger partial charge in [-0.05, 0) is 36.8 Å². The van der Waals surface area contributed by atoms with E-state index in [1.807, 2.05) is 38.0 Å². The maximum Gasteiger partial charge on any atom is 0.215 e. The van der Waals surface area contributed by atoms with E-state index < -0.39 is 0 Å². The quantitative estimate of drug-likeness (QED) is 0.642. The third-order valence-corrected chi connectivity index (χ3v) is 5.17. The van der Waals surface area contributed by atoms with Crippen LogP contribution in [0.5, 0.6) is 5.88 Å². The highest BCUT2D eigenvalue weighted by Gasteiger charge is 2.30. The third-order valence-electron chi connectivity index (χ3n) is 5.17. The number of aryl methyl sites for hydroxylation is 3. The second-order valence-corrected chi connectivity index (χ2v) is 7.64. The Labute approximate surface area is 158 Å². The van der Waals surface area contributed by atoms with Gasteiger partial charge in [-0.3, -0.25) is 14.2 Å². The molecule has 0 spiro atoms. The van der Waals surface area contributed by atoms with Crippen LogP contribution in [0.25, 0.3) is 11.0 Å². The monoisotopic (exact) mass is 367 g/mol. The van der Waals surface area contributed by atoms with Crippen LogP contribution in [-0.2, 0) is 18.9 Å². The smallest absolute Gasteiger partial charge is 0.215 e. The molecule has 1 unspecified atom stereocenters. The molecular weight excluding hydrogens is 342 g/mol. The van der Waals surface area contributed by atoms with Crippen molar-refractivity contribution < 1.29 is 9.53 Å². The van der Waals surface area contributed by atoms with Gasteiger partial charge in [-0.15, -0.1) is 0 Å². The van der Waals surface area contributed by atoms with Crippen molar-refractivity contribution in [1.29, 1.82) is 0 Å². The van der Waals surface area contributed by atoms with Crippen LogP contribution in [0.3, 0.4) is 0 Å². The molecule has 7 nitrogen and oxygen atoms in total. The van der Waals surface area contributed by atoms with E-state index in [2.05, 4.69) is 22.1 Å². The van der Waals surface area contributed by atoms with Crippen molar-refractivity contribution in [2.75, 3.05) is 6.61 Å². The third kappa shape index (κ3) is 3.59. The van der Waals surface area contributed by atoms with Crippen molar-refractivity contribution in [3.63, 3.8) is 0 Å². The second-order valence-electron chi connectivity index (χ2n) is 7.64. The van der Waals surface area contributed by atoms with Crippen molar-refractivity contribution in [3.8, 4) is 5.88 Å². The number of carbonyl (C=O) groups is 1. The van der Waals surface area contributed by atoms with E-state index in [1.54, 1.807) is 10.9 Å². The zero-order chi connectivity index (χ0) is 19.1. The Morgan fingerprint density at radius 2 is 2.15 bits per heavy atom. The van der Waals surface area contributed by atoms with Gasteiger partial charge in [0.2, 0.25) is 5.88 Å². The highest BCUT2D eigenvalue weighted by molar-refractivity contribution is 5.84. The molecule has 1 aliphatic carbocycles. The first-order valence-electron chi connectivity index (χ1n) is 9.39. The van der Waals surface area contributed by atoms with Crippen molar-refractivity contribution in [2.45, 2.75) is 44.9 Å². The summed E-state index contributed by atoms with van der Waals surface area (Å²) in [5.74, 6) is 1.21. The number of hydrogen-bond donors (Lipinski definition) is 0. The summed E-state index contributed by atoms with van der Waals surface area (Å²) in [4.78, 5) is 16.9. The molecule has 1 fully saturated rings. The normalized spacial score (nSPS) is 15.3. The lowest BCUT2D eigenvalue weighted by Crippen LogP contribution is -2.14. The summed E-state index contributed by atoms with van der Waals surface area (Å²) >= 11 is 0. The lowest BCUT2D eigenvalue weighted by molar-refractivity contribution is -0.121. The predicted octanol–water partition coefficient (Wildman–Crippen LogP) is 3.03. The molecule has 1 aliphatic rings. The zero-order valence-electron chi connectivity index (χ0n) is 16.3. The molecule has 0 amide bonds. The van der Waals surface area contributed by atoms with Gasteiger partial charge in [-0.25, -0.2) is 0 Å². The molecule has 3 aromatic heterocycles. The van der Waals surface area contributed by atoms with Crippen molar-refractivity contribution >= 4 is 16.8 Å². The molecule has 0 aromatic carbocycles. The van der Waals surface area contributed by atoms with E-state index >= 15 is 0 Å². The molecular formula is C20H25N5O2. The molecule has 4 rings (SSSR count). The zero-order valence-corrected chi connectivity index (χ0v) is 16.3. The van der Waals surface area contributed by atoms with Gasteiger partial charge in [0.1, 0.15) is 6.61 Å². The molecule has 142 valence electrons. The topological polar surface area (TPSA) is 74.8 Å². The number of aromatic nitrogens is 5. The standard InChI is InChI=1S/C20H25N5O2/c1-12(15-9-21-24(3)10-15)7-16(26)11-27-17-8-13(2)18-19(14-5-6-14)23-25(4)20(18)22-17/h8-10,12,14H,5-7,11H2,1-4H3. The van der Waals surface area contributed by atoms with E-state index in [0.717, 1.165) is 27.9 Å². The van der Waals surface area contributed by atoms with Crippen LogP contribution < -0.4 is 4.74 Å². The van der Waals surface area contributed by atoms with Gasteiger partial charge in [0.05, 0.1) is 11.9 Å². The first-order chi connectivity index (χ1) is 12.9. The molecule has 0 bridgehead atoms. The first-order valence-corrected chi connectivity index (χ1v) is 9.39. The Hall–Kier alpha value is -2.70. The highest BCUT2D eigenvalue weighted by atomic mass is 16.5. The van der Waals surface area contributed by atoms with Gasteiger partial charge < -0.3 is 4.74 Å². The number of Topliss-reactive ketones (excluding diaryl/α,β-unsaturated/α-hetero) is 1. The molecule has 0 aliphatic heterocycles. The number of pyridine rings is 1. The molecule has 1 saturated carbocycles. The highest BCUT2D eigenvalue weighted by Crippen LogP contribution is 2.43. The number of ether oxygens (including phenoxy) is 1. The van der Waals surface area contributed by atoms with Crippen LogP contribution in [-0.4, -0.2) is 36.9 Å². The molecule has 0 saturated heterocycles. The molecule has 27 heavy (non-hydrogen) atoms. The summed E-state index contributed by atoms with van der Waals surface area (Å²) < 4.78 is 9.28. The number of hydrogen-bond acceptors (Lipinski definition) is 5. The largest absolute Gasteiger partial charge is 0.470 e. The van der Waals surface area contributed by atoms with Crippen LogP contribution in [0.1, 0.15) is 54.8 Å².